The molecule has 0 fully saturated rings. The van der Waals surface area contributed by atoms with Crippen LogP contribution in [0.1, 0.15) is 32.7 Å². The molecule has 3 rings (SSSR count). The van der Waals surface area contributed by atoms with Gasteiger partial charge in [-0.25, -0.2) is 4.79 Å². The van der Waals surface area contributed by atoms with Crippen molar-refractivity contribution in [2.45, 2.75) is 18.9 Å². The molecule has 4 heteroatoms. The van der Waals surface area contributed by atoms with E-state index >= 15 is 0 Å². The number of benzene rings is 2. The molecule has 0 bridgehead atoms. The van der Waals surface area contributed by atoms with Gasteiger partial charge in [0.25, 0.3) is 0 Å². The number of rotatable bonds is 2. The van der Waals surface area contributed by atoms with E-state index in [1.54, 1.807) is 12.1 Å². The highest BCUT2D eigenvalue weighted by atomic mass is 16.5. The number of hydrogen-bond acceptors (Lipinski definition) is 4. The number of aromatic hydroxyl groups is 1. The highest BCUT2D eigenvalue weighted by Gasteiger charge is 2.30. The smallest absolute Gasteiger partial charge is 0.338 e. The Balaban J connectivity index is 1.76. The first-order valence-electron chi connectivity index (χ1n) is 6.77. The molecular formula is C17H14O4. The largest absolute Gasteiger partial charge is 0.508 e. The summed E-state index contributed by atoms with van der Waals surface area (Å²) < 4.78 is 5.32. The second kappa shape index (κ2) is 5.40. The average molecular weight is 282 g/mol. The van der Waals surface area contributed by atoms with Gasteiger partial charge in [0.15, 0.2) is 6.10 Å². The Hall–Kier alpha value is -2.62. The van der Waals surface area contributed by atoms with Crippen molar-refractivity contribution >= 4 is 11.8 Å². The SMILES string of the molecule is O=C(OC1CCc2ccccc2C1=O)c1ccc(O)cc1. The van der Waals surface area contributed by atoms with Crippen molar-refractivity contribution in [3.05, 3.63) is 65.2 Å². The lowest BCUT2D eigenvalue weighted by molar-refractivity contribution is 0.0257. The molecule has 0 saturated heterocycles. The zero-order valence-electron chi connectivity index (χ0n) is 11.3. The van der Waals surface area contributed by atoms with E-state index in [0.717, 1.165) is 12.0 Å². The Kier molecular flexibility index (Phi) is 3.44. The van der Waals surface area contributed by atoms with Crippen molar-refractivity contribution in [2.24, 2.45) is 0 Å². The fourth-order valence-electron chi connectivity index (χ4n) is 2.48. The summed E-state index contributed by atoms with van der Waals surface area (Å²) in [6.45, 7) is 0. The summed E-state index contributed by atoms with van der Waals surface area (Å²) in [4.78, 5) is 24.3. The molecule has 0 saturated carbocycles. The lowest BCUT2D eigenvalue weighted by Crippen LogP contribution is -2.32. The number of phenolic OH excluding ortho intramolecular Hbond substituents is 1. The third kappa shape index (κ3) is 2.65. The number of ether oxygens (including phenoxy) is 1. The van der Waals surface area contributed by atoms with Gasteiger partial charge in [0.05, 0.1) is 5.56 Å². The predicted molar refractivity (Wildman–Crippen MR) is 76.4 cm³/mol. The van der Waals surface area contributed by atoms with Crippen molar-refractivity contribution in [3.8, 4) is 5.75 Å². The quantitative estimate of drug-likeness (QED) is 0.860. The Morgan fingerprint density at radius 2 is 1.81 bits per heavy atom. The zero-order valence-corrected chi connectivity index (χ0v) is 11.3. The maximum atomic E-state index is 12.3. The third-order valence-electron chi connectivity index (χ3n) is 3.60. The van der Waals surface area contributed by atoms with E-state index in [1.807, 2.05) is 12.1 Å². The first-order chi connectivity index (χ1) is 10.1. The summed E-state index contributed by atoms with van der Waals surface area (Å²) in [6.07, 6.45) is 0.482. The summed E-state index contributed by atoms with van der Waals surface area (Å²) in [7, 11) is 0. The number of Topliss-reactive ketones (excluding diaryl/α,β-unsaturated/α-hetero) is 1. The van der Waals surface area contributed by atoms with E-state index in [4.69, 9.17) is 4.74 Å². The topological polar surface area (TPSA) is 63.6 Å². The molecule has 1 aliphatic rings. The van der Waals surface area contributed by atoms with E-state index in [-0.39, 0.29) is 11.5 Å². The van der Waals surface area contributed by atoms with Crippen molar-refractivity contribution < 1.29 is 19.4 Å². The number of esters is 1. The summed E-state index contributed by atoms with van der Waals surface area (Å²) in [5, 5.41) is 9.20. The first-order valence-corrected chi connectivity index (χ1v) is 6.77. The van der Waals surface area contributed by atoms with Crippen LogP contribution in [0.25, 0.3) is 0 Å². The summed E-state index contributed by atoms with van der Waals surface area (Å²) >= 11 is 0. The summed E-state index contributed by atoms with van der Waals surface area (Å²) in [5.74, 6) is -0.620. The molecule has 0 spiro atoms. The van der Waals surface area contributed by atoms with Crippen LogP contribution in [-0.4, -0.2) is 23.0 Å². The third-order valence-corrected chi connectivity index (χ3v) is 3.60. The van der Waals surface area contributed by atoms with Crippen molar-refractivity contribution in [3.63, 3.8) is 0 Å². The van der Waals surface area contributed by atoms with E-state index in [1.165, 1.54) is 24.3 Å². The Morgan fingerprint density at radius 1 is 1.10 bits per heavy atom. The van der Waals surface area contributed by atoms with Crippen LogP contribution in [-0.2, 0) is 11.2 Å². The number of phenols is 1. The van der Waals surface area contributed by atoms with Crippen molar-refractivity contribution in [1.29, 1.82) is 0 Å². The minimum atomic E-state index is -0.735. The maximum absolute atomic E-state index is 12.3. The molecule has 1 aliphatic carbocycles. The van der Waals surface area contributed by atoms with Crippen LogP contribution in [0.15, 0.2) is 48.5 Å². The monoisotopic (exact) mass is 282 g/mol. The second-order valence-corrected chi connectivity index (χ2v) is 5.00. The van der Waals surface area contributed by atoms with Gasteiger partial charge in [-0.1, -0.05) is 24.3 Å². The van der Waals surface area contributed by atoms with Gasteiger partial charge in [-0.2, -0.15) is 0 Å². The normalized spacial score (nSPS) is 17.1. The molecular weight excluding hydrogens is 268 g/mol. The van der Waals surface area contributed by atoms with Gasteiger partial charge in [0.1, 0.15) is 5.75 Å². The lowest BCUT2D eigenvalue weighted by atomic mass is 9.89. The van der Waals surface area contributed by atoms with Gasteiger partial charge in [-0.3, -0.25) is 4.79 Å². The van der Waals surface area contributed by atoms with Crippen molar-refractivity contribution in [2.75, 3.05) is 0 Å². The zero-order chi connectivity index (χ0) is 14.8. The predicted octanol–water partition coefficient (Wildman–Crippen LogP) is 2.75. The maximum Gasteiger partial charge on any atom is 0.338 e. The molecule has 0 heterocycles. The van der Waals surface area contributed by atoms with E-state index in [2.05, 4.69) is 0 Å². The number of ketones is 1. The fraction of sp³-hybridized carbons (Fsp3) is 0.176. The van der Waals surface area contributed by atoms with E-state index in [0.29, 0.717) is 17.5 Å². The van der Waals surface area contributed by atoms with E-state index in [9.17, 15) is 14.7 Å². The molecule has 0 radical (unpaired) electrons. The van der Waals surface area contributed by atoms with Crippen molar-refractivity contribution in [1.82, 2.24) is 0 Å². The van der Waals surface area contributed by atoms with Crippen LogP contribution in [0.3, 0.4) is 0 Å². The molecule has 106 valence electrons. The van der Waals surface area contributed by atoms with Crippen LogP contribution in [0.2, 0.25) is 0 Å². The highest BCUT2D eigenvalue weighted by Crippen LogP contribution is 2.24. The molecule has 4 nitrogen and oxygen atoms in total. The minimum Gasteiger partial charge on any atom is -0.508 e. The van der Waals surface area contributed by atoms with Gasteiger partial charge in [-0.15, -0.1) is 0 Å². The minimum absolute atomic E-state index is 0.0780. The van der Waals surface area contributed by atoms with Gasteiger partial charge in [0.2, 0.25) is 5.78 Å². The van der Waals surface area contributed by atoms with Gasteiger partial charge < -0.3 is 9.84 Å². The average Bonchev–Trinajstić information content (AvgIpc) is 2.51. The van der Waals surface area contributed by atoms with Crippen LogP contribution >= 0.6 is 0 Å². The second-order valence-electron chi connectivity index (χ2n) is 5.00. The number of aryl methyl sites for hydroxylation is 1. The molecule has 2 aromatic rings. The molecule has 1 N–H and O–H groups in total. The molecule has 21 heavy (non-hydrogen) atoms. The molecule has 1 atom stereocenters. The van der Waals surface area contributed by atoms with Crippen LogP contribution < -0.4 is 0 Å². The Bertz CT molecular complexity index is 688. The van der Waals surface area contributed by atoms with Crippen LogP contribution in [0, 0.1) is 0 Å². The highest BCUT2D eigenvalue weighted by molar-refractivity contribution is 6.03. The number of hydrogen-bond donors (Lipinski definition) is 1. The number of carbonyl (C=O) groups is 2. The fourth-order valence-corrected chi connectivity index (χ4v) is 2.48. The Labute approximate surface area is 122 Å². The number of carbonyl (C=O) groups excluding carboxylic acids is 2. The molecule has 0 aliphatic heterocycles. The summed E-state index contributed by atoms with van der Waals surface area (Å²) in [5.41, 5.74) is 1.95. The molecule has 0 amide bonds. The molecule has 2 aromatic carbocycles. The van der Waals surface area contributed by atoms with Gasteiger partial charge in [0, 0.05) is 5.56 Å². The number of fused-ring (bicyclic) bond motifs is 1. The Morgan fingerprint density at radius 3 is 2.57 bits per heavy atom. The van der Waals surface area contributed by atoms with Crippen LogP contribution in [0.4, 0.5) is 0 Å². The standard InChI is InChI=1S/C17H14O4/c18-13-8-5-12(6-9-13)17(20)21-15-10-7-11-3-1-2-4-14(11)16(15)19/h1-6,8-9,15,18H,7,10H2. The van der Waals surface area contributed by atoms with Crippen LogP contribution in [0.5, 0.6) is 5.75 Å². The molecule has 0 aromatic heterocycles. The first kappa shape index (κ1) is 13.4. The van der Waals surface area contributed by atoms with Gasteiger partial charge >= 0.3 is 5.97 Å². The van der Waals surface area contributed by atoms with E-state index < -0.39 is 12.1 Å². The lowest BCUT2D eigenvalue weighted by Gasteiger charge is -2.23. The van der Waals surface area contributed by atoms with Gasteiger partial charge in [-0.05, 0) is 42.7 Å². The summed E-state index contributed by atoms with van der Waals surface area (Å²) in [6, 6.07) is 13.2. The molecule has 1 unspecified atom stereocenters.